The van der Waals surface area contributed by atoms with Crippen molar-refractivity contribution < 1.29 is 9.53 Å². The van der Waals surface area contributed by atoms with Gasteiger partial charge in [-0.05, 0) is 49.8 Å². The van der Waals surface area contributed by atoms with Crippen LogP contribution in [0, 0.1) is 0 Å². The smallest absolute Gasteiger partial charge is 0.267 e. The van der Waals surface area contributed by atoms with E-state index in [1.807, 2.05) is 38.4 Å². The molecule has 27 heavy (non-hydrogen) atoms. The average molecular weight is 365 g/mol. The van der Waals surface area contributed by atoms with Gasteiger partial charge in [0.2, 0.25) is 0 Å². The molecule has 1 unspecified atom stereocenters. The fourth-order valence-electron chi connectivity index (χ4n) is 3.21. The normalized spacial score (nSPS) is 12.3. The molecule has 2 N–H and O–H groups in total. The first-order valence-corrected chi connectivity index (χ1v) is 9.22. The molecule has 1 atom stereocenters. The van der Waals surface area contributed by atoms with Crippen molar-refractivity contribution in [3.63, 3.8) is 0 Å². The summed E-state index contributed by atoms with van der Waals surface area (Å²) in [6.07, 6.45) is 1.02. The van der Waals surface area contributed by atoms with Gasteiger partial charge in [0, 0.05) is 23.5 Å². The monoisotopic (exact) mass is 365 g/mol. The molecule has 0 radical (unpaired) electrons. The van der Waals surface area contributed by atoms with E-state index in [4.69, 9.17) is 4.74 Å². The first kappa shape index (κ1) is 19.0. The summed E-state index contributed by atoms with van der Waals surface area (Å²) in [5.41, 5.74) is 3.95. The van der Waals surface area contributed by atoms with Gasteiger partial charge in [0.25, 0.3) is 5.91 Å². The summed E-state index contributed by atoms with van der Waals surface area (Å²) in [6.45, 7) is 2.69. The number of likely N-dealkylation sites (N-methyl/N-ethyl adjacent to an activating group) is 1. The molecular formula is C22H27N3O2. The van der Waals surface area contributed by atoms with Crippen molar-refractivity contribution in [2.75, 3.05) is 27.7 Å². The van der Waals surface area contributed by atoms with Gasteiger partial charge in [0.15, 0.2) is 0 Å². The predicted molar refractivity (Wildman–Crippen MR) is 109 cm³/mol. The molecule has 5 heteroatoms. The summed E-state index contributed by atoms with van der Waals surface area (Å²) in [5, 5.41) is 4.04. The van der Waals surface area contributed by atoms with Crippen LogP contribution in [0.15, 0.2) is 48.5 Å². The minimum absolute atomic E-state index is 0.109. The van der Waals surface area contributed by atoms with E-state index in [0.717, 1.165) is 23.1 Å². The number of hydrogen-bond acceptors (Lipinski definition) is 3. The van der Waals surface area contributed by atoms with Gasteiger partial charge in [0.1, 0.15) is 11.4 Å². The van der Waals surface area contributed by atoms with Crippen molar-refractivity contribution in [2.24, 2.45) is 0 Å². The highest BCUT2D eigenvalue weighted by atomic mass is 16.5. The topological polar surface area (TPSA) is 57.4 Å². The molecule has 5 nitrogen and oxygen atoms in total. The molecule has 1 aromatic heterocycles. The molecule has 0 saturated carbocycles. The zero-order valence-electron chi connectivity index (χ0n) is 16.4. The number of nitrogens with zero attached hydrogens (tertiary/aromatic N) is 1. The third-order valence-corrected chi connectivity index (χ3v) is 4.93. The first-order chi connectivity index (χ1) is 13.0. The van der Waals surface area contributed by atoms with Gasteiger partial charge in [-0.1, -0.05) is 31.2 Å². The molecule has 1 amide bonds. The van der Waals surface area contributed by atoms with Crippen LogP contribution in [0.1, 0.15) is 34.6 Å². The average Bonchev–Trinajstić information content (AvgIpc) is 3.11. The molecule has 0 fully saturated rings. The number of aryl methyl sites for hydroxylation is 1. The molecule has 142 valence electrons. The standard InChI is InChI=1S/C22H27N3O2/c1-5-15-6-8-16(9-7-15)21(25(2)3)14-23-22(26)20-12-17-10-11-18(27-4)13-19(17)24-20/h6-13,21,24H,5,14H2,1-4H3,(H,23,26). The molecule has 3 aromatic rings. The third-order valence-electron chi connectivity index (χ3n) is 4.93. The minimum Gasteiger partial charge on any atom is -0.497 e. The van der Waals surface area contributed by atoms with Gasteiger partial charge in [-0.3, -0.25) is 4.79 Å². The van der Waals surface area contributed by atoms with Gasteiger partial charge in [-0.25, -0.2) is 0 Å². The van der Waals surface area contributed by atoms with E-state index in [1.54, 1.807) is 7.11 Å². The molecule has 3 rings (SSSR count). The maximum absolute atomic E-state index is 12.6. The van der Waals surface area contributed by atoms with Crippen LogP contribution in [0.25, 0.3) is 10.9 Å². The fourth-order valence-corrected chi connectivity index (χ4v) is 3.21. The van der Waals surface area contributed by atoms with Gasteiger partial charge in [-0.2, -0.15) is 0 Å². The van der Waals surface area contributed by atoms with E-state index in [9.17, 15) is 4.79 Å². The Hall–Kier alpha value is -2.79. The minimum atomic E-state index is -0.109. The first-order valence-electron chi connectivity index (χ1n) is 9.22. The molecule has 2 aromatic carbocycles. The number of fused-ring (bicyclic) bond motifs is 1. The van der Waals surface area contributed by atoms with E-state index in [1.165, 1.54) is 11.1 Å². The Morgan fingerprint density at radius 3 is 2.52 bits per heavy atom. The SMILES string of the molecule is CCc1ccc(C(CNC(=O)c2cc3ccc(OC)cc3[nH]2)N(C)C)cc1. The Labute approximate surface area is 160 Å². The Bertz CT molecular complexity index is 913. The predicted octanol–water partition coefficient (Wildman–Crippen LogP) is 3.77. The maximum atomic E-state index is 12.6. The van der Waals surface area contributed by atoms with Crippen molar-refractivity contribution in [1.82, 2.24) is 15.2 Å². The van der Waals surface area contributed by atoms with Gasteiger partial charge >= 0.3 is 0 Å². The molecule has 1 heterocycles. The summed E-state index contributed by atoms with van der Waals surface area (Å²) in [4.78, 5) is 17.9. The number of hydrogen-bond donors (Lipinski definition) is 2. The van der Waals surface area contributed by atoms with E-state index >= 15 is 0 Å². The molecule has 0 bridgehead atoms. The zero-order chi connectivity index (χ0) is 19.4. The van der Waals surface area contributed by atoms with Gasteiger partial charge in [0.05, 0.1) is 13.2 Å². The summed E-state index contributed by atoms with van der Waals surface area (Å²) in [7, 11) is 5.69. The van der Waals surface area contributed by atoms with Crippen LogP contribution in [0.2, 0.25) is 0 Å². The van der Waals surface area contributed by atoms with Crippen molar-refractivity contribution in [1.29, 1.82) is 0 Å². The lowest BCUT2D eigenvalue weighted by atomic mass is 10.0. The number of aromatic nitrogens is 1. The molecule has 0 saturated heterocycles. The second-order valence-corrected chi connectivity index (χ2v) is 6.92. The summed E-state index contributed by atoms with van der Waals surface area (Å²) in [5.74, 6) is 0.654. The molecule has 0 aliphatic heterocycles. The molecular weight excluding hydrogens is 338 g/mol. The third kappa shape index (κ3) is 4.31. The summed E-state index contributed by atoms with van der Waals surface area (Å²) < 4.78 is 5.24. The van der Waals surface area contributed by atoms with Crippen molar-refractivity contribution >= 4 is 16.8 Å². The number of carbonyl (C=O) groups excluding carboxylic acids is 1. The highest BCUT2D eigenvalue weighted by Gasteiger charge is 2.17. The van der Waals surface area contributed by atoms with Crippen LogP contribution < -0.4 is 10.1 Å². The Kier molecular flexibility index (Phi) is 5.81. The number of benzene rings is 2. The number of aromatic amines is 1. The summed E-state index contributed by atoms with van der Waals surface area (Å²) >= 11 is 0. The van der Waals surface area contributed by atoms with Crippen molar-refractivity contribution in [3.05, 3.63) is 65.4 Å². The van der Waals surface area contributed by atoms with Gasteiger partial charge in [-0.15, -0.1) is 0 Å². The quantitative estimate of drug-likeness (QED) is 0.670. The van der Waals surface area contributed by atoms with Crippen LogP contribution in [-0.4, -0.2) is 43.5 Å². The lowest BCUT2D eigenvalue weighted by molar-refractivity contribution is 0.0937. The molecule has 0 spiro atoms. The number of H-pyrrole nitrogens is 1. The van der Waals surface area contributed by atoms with Crippen LogP contribution >= 0.6 is 0 Å². The number of ether oxygens (including phenoxy) is 1. The Morgan fingerprint density at radius 1 is 1.15 bits per heavy atom. The number of rotatable bonds is 7. The second kappa shape index (κ2) is 8.27. The number of carbonyl (C=O) groups is 1. The van der Waals surface area contributed by atoms with E-state index < -0.39 is 0 Å². The maximum Gasteiger partial charge on any atom is 0.267 e. The lowest BCUT2D eigenvalue weighted by Crippen LogP contribution is -2.34. The Morgan fingerprint density at radius 2 is 1.89 bits per heavy atom. The van der Waals surface area contributed by atoms with Crippen LogP contribution in [0.3, 0.4) is 0 Å². The Balaban J connectivity index is 1.72. The van der Waals surface area contributed by atoms with E-state index in [-0.39, 0.29) is 11.9 Å². The van der Waals surface area contributed by atoms with Crippen molar-refractivity contribution in [2.45, 2.75) is 19.4 Å². The van der Waals surface area contributed by atoms with E-state index in [0.29, 0.717) is 12.2 Å². The van der Waals surface area contributed by atoms with Crippen LogP contribution in [-0.2, 0) is 6.42 Å². The molecule has 0 aliphatic carbocycles. The van der Waals surface area contributed by atoms with Crippen LogP contribution in [0.5, 0.6) is 5.75 Å². The fraction of sp³-hybridized carbons (Fsp3) is 0.318. The second-order valence-electron chi connectivity index (χ2n) is 6.92. The highest BCUT2D eigenvalue weighted by molar-refractivity contribution is 5.98. The number of methoxy groups -OCH3 is 1. The largest absolute Gasteiger partial charge is 0.497 e. The van der Waals surface area contributed by atoms with Gasteiger partial charge < -0.3 is 19.9 Å². The van der Waals surface area contributed by atoms with Crippen molar-refractivity contribution in [3.8, 4) is 5.75 Å². The number of nitrogens with one attached hydrogen (secondary N) is 2. The van der Waals surface area contributed by atoms with E-state index in [2.05, 4.69) is 46.4 Å². The summed E-state index contributed by atoms with van der Waals surface area (Å²) in [6, 6.07) is 16.3. The van der Waals surface area contributed by atoms with Crippen LogP contribution in [0.4, 0.5) is 0 Å². The number of amides is 1. The highest BCUT2D eigenvalue weighted by Crippen LogP contribution is 2.22. The molecule has 0 aliphatic rings. The zero-order valence-corrected chi connectivity index (χ0v) is 16.4. The lowest BCUT2D eigenvalue weighted by Gasteiger charge is -2.25.